The van der Waals surface area contributed by atoms with E-state index in [2.05, 4.69) is 25.7 Å². The molecule has 1 aliphatic rings. The lowest BCUT2D eigenvalue weighted by Gasteiger charge is -2.43. The average molecular weight is 228 g/mol. The second-order valence-corrected chi connectivity index (χ2v) is 6.08. The Morgan fingerprint density at radius 3 is 2.62 bits per heavy atom. The third-order valence-electron chi connectivity index (χ3n) is 3.62. The van der Waals surface area contributed by atoms with Gasteiger partial charge in [-0.3, -0.25) is 4.90 Å². The fourth-order valence-corrected chi connectivity index (χ4v) is 2.80. The van der Waals surface area contributed by atoms with Crippen LogP contribution in [-0.2, 0) is 4.74 Å². The van der Waals surface area contributed by atoms with Gasteiger partial charge >= 0.3 is 0 Å². The van der Waals surface area contributed by atoms with Crippen molar-refractivity contribution in [1.82, 2.24) is 4.90 Å². The average Bonchev–Trinajstić information content (AvgIpc) is 2.17. The summed E-state index contributed by atoms with van der Waals surface area (Å²) < 4.78 is 5.27. The lowest BCUT2D eigenvalue weighted by molar-refractivity contribution is 0.0348. The molecule has 0 radical (unpaired) electrons. The summed E-state index contributed by atoms with van der Waals surface area (Å²) >= 11 is 0. The summed E-state index contributed by atoms with van der Waals surface area (Å²) in [7, 11) is 1.79. The molecule has 2 atom stereocenters. The van der Waals surface area contributed by atoms with Gasteiger partial charge in [-0.05, 0) is 30.7 Å². The van der Waals surface area contributed by atoms with Crippen molar-refractivity contribution in [1.29, 1.82) is 0 Å². The number of hydrogen-bond acceptors (Lipinski definition) is 3. The molecule has 0 bridgehead atoms. The molecule has 0 spiro atoms. The van der Waals surface area contributed by atoms with E-state index in [1.165, 1.54) is 19.4 Å². The van der Waals surface area contributed by atoms with E-state index in [0.29, 0.717) is 12.0 Å². The number of methoxy groups -OCH3 is 1. The van der Waals surface area contributed by atoms with Gasteiger partial charge in [0.25, 0.3) is 0 Å². The monoisotopic (exact) mass is 228 g/mol. The smallest absolute Gasteiger partial charge is 0.0502 e. The highest BCUT2D eigenvalue weighted by Crippen LogP contribution is 2.28. The van der Waals surface area contributed by atoms with Crippen LogP contribution in [-0.4, -0.2) is 44.3 Å². The van der Waals surface area contributed by atoms with E-state index in [1.807, 2.05) is 0 Å². The molecule has 0 aromatic heterocycles. The van der Waals surface area contributed by atoms with E-state index in [4.69, 9.17) is 10.5 Å². The van der Waals surface area contributed by atoms with Crippen LogP contribution in [0.15, 0.2) is 0 Å². The molecule has 1 saturated heterocycles. The number of likely N-dealkylation sites (tertiary alicyclic amines) is 1. The maximum atomic E-state index is 5.94. The largest absolute Gasteiger partial charge is 0.384 e. The van der Waals surface area contributed by atoms with Crippen LogP contribution in [0.4, 0.5) is 0 Å². The topological polar surface area (TPSA) is 38.5 Å². The normalized spacial score (nSPS) is 25.7. The molecule has 3 heteroatoms. The SMILES string of the molecule is COCC1CCCN(C(CN)C(C)(C)C)C1. The lowest BCUT2D eigenvalue weighted by Crippen LogP contribution is -2.52. The van der Waals surface area contributed by atoms with E-state index in [9.17, 15) is 0 Å². The van der Waals surface area contributed by atoms with Crippen molar-refractivity contribution in [2.45, 2.75) is 39.7 Å². The molecule has 0 aromatic carbocycles. The van der Waals surface area contributed by atoms with Crippen LogP contribution in [0.5, 0.6) is 0 Å². The Hall–Kier alpha value is -0.120. The minimum Gasteiger partial charge on any atom is -0.384 e. The molecule has 0 saturated carbocycles. The van der Waals surface area contributed by atoms with Crippen LogP contribution in [0.1, 0.15) is 33.6 Å². The summed E-state index contributed by atoms with van der Waals surface area (Å²) in [5.41, 5.74) is 6.20. The van der Waals surface area contributed by atoms with Crippen molar-refractivity contribution in [3.8, 4) is 0 Å². The predicted octanol–water partition coefficient (Wildman–Crippen LogP) is 1.72. The zero-order chi connectivity index (χ0) is 12.2. The summed E-state index contributed by atoms with van der Waals surface area (Å²) in [5.74, 6) is 0.690. The first-order valence-corrected chi connectivity index (χ1v) is 6.42. The molecule has 0 amide bonds. The molecule has 1 fully saturated rings. The van der Waals surface area contributed by atoms with Gasteiger partial charge in [-0.1, -0.05) is 20.8 Å². The third kappa shape index (κ3) is 3.72. The van der Waals surface area contributed by atoms with Crippen molar-refractivity contribution in [2.24, 2.45) is 17.1 Å². The molecule has 1 rings (SSSR count). The number of piperidine rings is 1. The molecule has 3 nitrogen and oxygen atoms in total. The number of ether oxygens (including phenoxy) is 1. The van der Waals surface area contributed by atoms with E-state index in [-0.39, 0.29) is 5.41 Å². The van der Waals surface area contributed by atoms with Gasteiger partial charge in [0.2, 0.25) is 0 Å². The van der Waals surface area contributed by atoms with Gasteiger partial charge in [0, 0.05) is 26.2 Å². The van der Waals surface area contributed by atoms with Crippen molar-refractivity contribution in [3.05, 3.63) is 0 Å². The van der Waals surface area contributed by atoms with Gasteiger partial charge in [0.15, 0.2) is 0 Å². The molecule has 2 unspecified atom stereocenters. The summed E-state index contributed by atoms with van der Waals surface area (Å²) in [5, 5.41) is 0. The van der Waals surface area contributed by atoms with Crippen LogP contribution in [0.2, 0.25) is 0 Å². The Morgan fingerprint density at radius 2 is 2.12 bits per heavy atom. The maximum Gasteiger partial charge on any atom is 0.0502 e. The quantitative estimate of drug-likeness (QED) is 0.796. The summed E-state index contributed by atoms with van der Waals surface area (Å²) in [6.07, 6.45) is 2.58. The molecule has 0 aliphatic carbocycles. The second kappa shape index (κ2) is 5.99. The van der Waals surface area contributed by atoms with Crippen molar-refractivity contribution < 1.29 is 4.74 Å². The maximum absolute atomic E-state index is 5.94. The molecule has 0 aromatic rings. The van der Waals surface area contributed by atoms with E-state index in [1.54, 1.807) is 7.11 Å². The second-order valence-electron chi connectivity index (χ2n) is 6.08. The Bertz CT molecular complexity index is 199. The van der Waals surface area contributed by atoms with Gasteiger partial charge < -0.3 is 10.5 Å². The van der Waals surface area contributed by atoms with Crippen molar-refractivity contribution >= 4 is 0 Å². The van der Waals surface area contributed by atoms with Gasteiger partial charge in [-0.25, -0.2) is 0 Å². The van der Waals surface area contributed by atoms with Crippen LogP contribution in [0.3, 0.4) is 0 Å². The van der Waals surface area contributed by atoms with E-state index in [0.717, 1.165) is 19.7 Å². The van der Waals surface area contributed by atoms with E-state index >= 15 is 0 Å². The molecule has 1 aliphatic heterocycles. The van der Waals surface area contributed by atoms with Crippen LogP contribution in [0, 0.1) is 11.3 Å². The molecule has 2 N–H and O–H groups in total. The zero-order valence-electron chi connectivity index (χ0n) is 11.3. The fraction of sp³-hybridized carbons (Fsp3) is 1.00. The predicted molar refractivity (Wildman–Crippen MR) is 68.5 cm³/mol. The number of nitrogens with zero attached hydrogens (tertiary/aromatic N) is 1. The standard InChI is InChI=1S/C13H28N2O/c1-13(2,3)12(8-14)15-7-5-6-11(9-15)10-16-4/h11-12H,5-10,14H2,1-4H3. The van der Waals surface area contributed by atoms with Crippen LogP contribution < -0.4 is 5.73 Å². The van der Waals surface area contributed by atoms with Gasteiger partial charge in [0.1, 0.15) is 0 Å². The Labute approximate surface area is 100 Å². The Kier molecular flexibility index (Phi) is 5.22. The number of hydrogen-bond donors (Lipinski definition) is 1. The minimum atomic E-state index is 0.268. The summed E-state index contributed by atoms with van der Waals surface area (Å²) in [4.78, 5) is 2.56. The Morgan fingerprint density at radius 1 is 1.44 bits per heavy atom. The highest BCUT2D eigenvalue weighted by atomic mass is 16.5. The van der Waals surface area contributed by atoms with Gasteiger partial charge in [-0.2, -0.15) is 0 Å². The van der Waals surface area contributed by atoms with E-state index < -0.39 is 0 Å². The first kappa shape index (κ1) is 13.9. The lowest BCUT2D eigenvalue weighted by atomic mass is 9.83. The Balaban J connectivity index is 2.57. The first-order chi connectivity index (χ1) is 7.49. The number of rotatable bonds is 4. The molecular weight excluding hydrogens is 200 g/mol. The molecule has 16 heavy (non-hydrogen) atoms. The first-order valence-electron chi connectivity index (χ1n) is 6.42. The highest BCUT2D eigenvalue weighted by molar-refractivity contribution is 4.87. The summed E-state index contributed by atoms with van der Waals surface area (Å²) in [6, 6.07) is 0.493. The van der Waals surface area contributed by atoms with Crippen LogP contribution in [0.25, 0.3) is 0 Å². The molecule has 1 heterocycles. The summed E-state index contributed by atoms with van der Waals surface area (Å²) in [6.45, 7) is 10.8. The minimum absolute atomic E-state index is 0.268. The van der Waals surface area contributed by atoms with Crippen LogP contribution >= 0.6 is 0 Å². The van der Waals surface area contributed by atoms with Crippen molar-refractivity contribution in [2.75, 3.05) is 33.4 Å². The molecular formula is C13H28N2O. The van der Waals surface area contributed by atoms with Gasteiger partial charge in [-0.15, -0.1) is 0 Å². The van der Waals surface area contributed by atoms with Gasteiger partial charge in [0.05, 0.1) is 6.61 Å². The fourth-order valence-electron chi connectivity index (χ4n) is 2.80. The zero-order valence-corrected chi connectivity index (χ0v) is 11.3. The third-order valence-corrected chi connectivity index (χ3v) is 3.62. The van der Waals surface area contributed by atoms with Crippen molar-refractivity contribution in [3.63, 3.8) is 0 Å². The number of nitrogens with two attached hydrogens (primary N) is 1. The highest BCUT2D eigenvalue weighted by Gasteiger charge is 2.32. The molecule has 96 valence electrons.